The molecule has 1 rings (SSSR count). The Morgan fingerprint density at radius 1 is 1.55 bits per heavy atom. The summed E-state index contributed by atoms with van der Waals surface area (Å²) in [5.41, 5.74) is 0. The molecule has 1 saturated heterocycles. The third-order valence-corrected chi connectivity index (χ3v) is 1.96. The number of rotatable bonds is 1. The highest BCUT2D eigenvalue weighted by molar-refractivity contribution is 5.94. The van der Waals surface area contributed by atoms with E-state index in [0.29, 0.717) is 12.7 Å². The molecule has 3 unspecified atom stereocenters. The second kappa shape index (κ2) is 3.13. The molecule has 0 N–H and O–H groups in total. The highest BCUT2D eigenvalue weighted by Crippen LogP contribution is 2.19. The third kappa shape index (κ3) is 1.66. The second-order valence-electron chi connectivity index (χ2n) is 2.98. The van der Waals surface area contributed by atoms with E-state index in [1.807, 2.05) is 6.92 Å². The van der Waals surface area contributed by atoms with Gasteiger partial charge in [0.25, 0.3) is 0 Å². The topological polar surface area (TPSA) is 43.4 Å². The van der Waals surface area contributed by atoms with E-state index in [4.69, 9.17) is 4.74 Å². The number of Topliss-reactive ketones (excluding diaryl/α,β-unsaturated/α-hetero) is 1. The van der Waals surface area contributed by atoms with Gasteiger partial charge in [0.15, 0.2) is 0 Å². The van der Waals surface area contributed by atoms with Crippen molar-refractivity contribution in [1.29, 1.82) is 0 Å². The maximum absolute atomic E-state index is 11.1. The molecular weight excluding hydrogens is 144 g/mol. The van der Waals surface area contributed by atoms with E-state index in [2.05, 4.69) is 0 Å². The van der Waals surface area contributed by atoms with E-state index in [1.54, 1.807) is 6.92 Å². The Labute approximate surface area is 65.7 Å². The third-order valence-electron chi connectivity index (χ3n) is 1.96. The van der Waals surface area contributed by atoms with Crippen molar-refractivity contribution < 1.29 is 14.3 Å². The predicted molar refractivity (Wildman–Crippen MR) is 39.2 cm³/mol. The molecule has 1 heterocycles. The molecule has 0 amide bonds. The number of hydrogen-bond acceptors (Lipinski definition) is 3. The maximum atomic E-state index is 11.1. The number of hydrogen-bond donors (Lipinski definition) is 0. The first-order chi connectivity index (χ1) is 5.15. The fraction of sp³-hybridized carbons (Fsp3) is 0.750. The van der Waals surface area contributed by atoms with Crippen LogP contribution in [0.15, 0.2) is 0 Å². The minimum Gasteiger partial charge on any atom is -0.374 e. The van der Waals surface area contributed by atoms with E-state index < -0.39 is 5.92 Å². The van der Waals surface area contributed by atoms with Crippen LogP contribution in [0.2, 0.25) is 0 Å². The Morgan fingerprint density at radius 3 is 2.64 bits per heavy atom. The van der Waals surface area contributed by atoms with Gasteiger partial charge in [0, 0.05) is 6.42 Å². The quantitative estimate of drug-likeness (QED) is 0.411. The van der Waals surface area contributed by atoms with Gasteiger partial charge in [-0.2, -0.15) is 0 Å². The molecular formula is C8H12O3. The zero-order valence-electron chi connectivity index (χ0n) is 6.74. The summed E-state index contributed by atoms with van der Waals surface area (Å²) >= 11 is 0. The molecule has 0 spiro atoms. The van der Waals surface area contributed by atoms with Crippen LogP contribution >= 0.6 is 0 Å². The van der Waals surface area contributed by atoms with E-state index >= 15 is 0 Å². The number of ketones is 1. The van der Waals surface area contributed by atoms with Gasteiger partial charge in [-0.25, -0.2) is 0 Å². The standard InChI is InChI=1S/C8H12O3/c1-5-3-8(10)7(4-9)6(2)11-5/h4-7H,3H2,1-2H3. The predicted octanol–water partition coefficient (Wildman–Crippen LogP) is 0.568. The average Bonchev–Trinajstić information content (AvgIpc) is 1.85. The molecule has 62 valence electrons. The Bertz CT molecular complexity index is 176. The van der Waals surface area contributed by atoms with Crippen molar-refractivity contribution in [2.45, 2.75) is 32.5 Å². The molecule has 1 aliphatic heterocycles. The highest BCUT2D eigenvalue weighted by atomic mass is 16.5. The zero-order chi connectivity index (χ0) is 8.43. The van der Waals surface area contributed by atoms with Crippen molar-refractivity contribution >= 4 is 12.1 Å². The monoisotopic (exact) mass is 156 g/mol. The zero-order valence-corrected chi connectivity index (χ0v) is 6.74. The molecule has 0 aromatic heterocycles. The van der Waals surface area contributed by atoms with Crippen molar-refractivity contribution in [3.63, 3.8) is 0 Å². The van der Waals surface area contributed by atoms with Gasteiger partial charge >= 0.3 is 0 Å². The molecule has 0 aromatic carbocycles. The van der Waals surface area contributed by atoms with Gasteiger partial charge in [-0.05, 0) is 13.8 Å². The van der Waals surface area contributed by atoms with Gasteiger partial charge < -0.3 is 9.53 Å². The smallest absolute Gasteiger partial charge is 0.148 e. The van der Waals surface area contributed by atoms with Gasteiger partial charge in [0.1, 0.15) is 12.1 Å². The van der Waals surface area contributed by atoms with E-state index in [9.17, 15) is 9.59 Å². The van der Waals surface area contributed by atoms with Crippen LogP contribution in [0.4, 0.5) is 0 Å². The van der Waals surface area contributed by atoms with Gasteiger partial charge in [0.05, 0.1) is 18.1 Å². The fourth-order valence-corrected chi connectivity index (χ4v) is 1.37. The summed E-state index contributed by atoms with van der Waals surface area (Å²) in [7, 11) is 0. The van der Waals surface area contributed by atoms with Crippen LogP contribution in [0, 0.1) is 5.92 Å². The summed E-state index contributed by atoms with van der Waals surface area (Å²) in [6.45, 7) is 3.60. The minimum atomic E-state index is -0.536. The minimum absolute atomic E-state index is 0.00579. The largest absolute Gasteiger partial charge is 0.374 e. The molecule has 3 heteroatoms. The van der Waals surface area contributed by atoms with Crippen LogP contribution in [0.25, 0.3) is 0 Å². The second-order valence-corrected chi connectivity index (χ2v) is 2.98. The lowest BCUT2D eigenvalue weighted by atomic mass is 9.93. The lowest BCUT2D eigenvalue weighted by Gasteiger charge is -2.28. The van der Waals surface area contributed by atoms with Gasteiger partial charge in [0.2, 0.25) is 0 Å². The number of ether oxygens (including phenoxy) is 1. The normalized spacial score (nSPS) is 38.7. The van der Waals surface area contributed by atoms with Gasteiger partial charge in [-0.3, -0.25) is 4.79 Å². The van der Waals surface area contributed by atoms with Gasteiger partial charge in [-0.15, -0.1) is 0 Å². The summed E-state index contributed by atoms with van der Waals surface area (Å²) in [6.07, 6.45) is 0.768. The van der Waals surface area contributed by atoms with Crippen LogP contribution < -0.4 is 0 Å². The molecule has 11 heavy (non-hydrogen) atoms. The molecule has 0 radical (unpaired) electrons. The summed E-state index contributed by atoms with van der Waals surface area (Å²) in [5, 5.41) is 0. The molecule has 1 fully saturated rings. The van der Waals surface area contributed by atoms with E-state index in [-0.39, 0.29) is 18.0 Å². The van der Waals surface area contributed by atoms with Crippen LogP contribution in [0.1, 0.15) is 20.3 Å². The molecule has 0 aliphatic carbocycles. The van der Waals surface area contributed by atoms with Crippen molar-refractivity contribution in [3.05, 3.63) is 0 Å². The van der Waals surface area contributed by atoms with Crippen molar-refractivity contribution in [3.8, 4) is 0 Å². The fourth-order valence-electron chi connectivity index (χ4n) is 1.37. The first kappa shape index (κ1) is 8.40. The number of carbonyl (C=O) groups excluding carboxylic acids is 2. The van der Waals surface area contributed by atoms with E-state index in [0.717, 1.165) is 0 Å². The van der Waals surface area contributed by atoms with Crippen LogP contribution in [-0.2, 0) is 14.3 Å². The summed E-state index contributed by atoms with van der Waals surface area (Å²) in [5.74, 6) is -0.530. The number of aldehydes is 1. The van der Waals surface area contributed by atoms with Crippen molar-refractivity contribution in [2.24, 2.45) is 5.92 Å². The van der Waals surface area contributed by atoms with Crippen LogP contribution in [-0.4, -0.2) is 24.3 Å². The molecule has 1 aliphatic rings. The lowest BCUT2D eigenvalue weighted by Crippen LogP contribution is -2.39. The van der Waals surface area contributed by atoms with Crippen LogP contribution in [0.5, 0.6) is 0 Å². The van der Waals surface area contributed by atoms with Gasteiger partial charge in [-0.1, -0.05) is 0 Å². The van der Waals surface area contributed by atoms with E-state index in [1.165, 1.54) is 0 Å². The SMILES string of the molecule is CC1CC(=O)C(C=O)C(C)O1. The Balaban J connectivity index is 2.66. The summed E-state index contributed by atoms with van der Waals surface area (Å²) in [4.78, 5) is 21.5. The lowest BCUT2D eigenvalue weighted by molar-refractivity contribution is -0.146. The first-order valence-electron chi connectivity index (χ1n) is 3.78. The van der Waals surface area contributed by atoms with Crippen molar-refractivity contribution in [1.82, 2.24) is 0 Å². The Hall–Kier alpha value is -0.700. The molecule has 0 saturated carbocycles. The summed E-state index contributed by atoms with van der Waals surface area (Å²) < 4.78 is 5.31. The molecule has 0 aromatic rings. The highest BCUT2D eigenvalue weighted by Gasteiger charge is 2.32. The van der Waals surface area contributed by atoms with Crippen LogP contribution in [0.3, 0.4) is 0 Å². The Kier molecular flexibility index (Phi) is 2.39. The molecule has 3 atom stereocenters. The Morgan fingerprint density at radius 2 is 2.18 bits per heavy atom. The molecule has 3 nitrogen and oxygen atoms in total. The maximum Gasteiger partial charge on any atom is 0.148 e. The average molecular weight is 156 g/mol. The first-order valence-corrected chi connectivity index (χ1v) is 3.78. The van der Waals surface area contributed by atoms with Crippen molar-refractivity contribution in [2.75, 3.05) is 0 Å². The molecule has 0 bridgehead atoms. The summed E-state index contributed by atoms with van der Waals surface area (Å²) in [6, 6.07) is 0. The number of carbonyl (C=O) groups is 2.